The minimum Gasteiger partial charge on any atom is -0.481 e. The summed E-state index contributed by atoms with van der Waals surface area (Å²) in [6.45, 7) is 3.44. The number of benzene rings is 2. The summed E-state index contributed by atoms with van der Waals surface area (Å²) in [4.78, 5) is 14.3. The Balaban J connectivity index is 1.69. The van der Waals surface area contributed by atoms with E-state index in [4.69, 9.17) is 5.11 Å². The van der Waals surface area contributed by atoms with Crippen LogP contribution in [0.5, 0.6) is 0 Å². The first-order chi connectivity index (χ1) is 20.5. The largest absolute Gasteiger partial charge is 0.481 e. The summed E-state index contributed by atoms with van der Waals surface area (Å²) in [5.41, 5.74) is -0.421. The number of likely N-dealkylation sites (N-methyl/N-ethyl adjacent to an activating group) is 1. The van der Waals surface area contributed by atoms with Crippen LogP contribution in [0.15, 0.2) is 65.7 Å². The number of alkyl halides is 3. The number of aliphatic hydroxyl groups excluding tert-OH is 1. The number of halogens is 4. The number of carboxylic acids is 1. The zero-order chi connectivity index (χ0) is 32.7. The number of hydrogen-bond acceptors (Lipinski definition) is 6. The van der Waals surface area contributed by atoms with Gasteiger partial charge in [0.25, 0.3) is 0 Å². The smallest absolute Gasteiger partial charge is 0.416 e. The highest BCUT2D eigenvalue weighted by Gasteiger charge is 2.34. The fraction of sp³-hybridized carbons (Fsp3) is 0.419. The van der Waals surface area contributed by atoms with Gasteiger partial charge in [-0.25, -0.2) is 12.8 Å². The molecule has 1 unspecified atom stereocenters. The number of aliphatic carboxylic acids is 1. The van der Waals surface area contributed by atoms with Gasteiger partial charge in [0.2, 0.25) is 10.0 Å². The Hall–Kier alpha value is -3.39. The van der Waals surface area contributed by atoms with Crippen molar-refractivity contribution in [1.29, 1.82) is 0 Å². The zero-order valence-electron chi connectivity index (χ0n) is 24.7. The van der Waals surface area contributed by atoms with Gasteiger partial charge in [-0.05, 0) is 74.6 Å². The van der Waals surface area contributed by atoms with Crippen molar-refractivity contribution < 1.29 is 41.0 Å². The molecule has 2 aromatic carbocycles. The molecule has 0 radical (unpaired) electrons. The predicted molar refractivity (Wildman–Crippen MR) is 158 cm³/mol. The van der Waals surface area contributed by atoms with Crippen molar-refractivity contribution in [2.24, 2.45) is 0 Å². The van der Waals surface area contributed by atoms with E-state index in [9.17, 15) is 35.9 Å². The average molecular weight is 640 g/mol. The van der Waals surface area contributed by atoms with Crippen LogP contribution in [0.4, 0.5) is 17.6 Å². The maximum absolute atomic E-state index is 13.9. The number of rotatable bonds is 15. The van der Waals surface area contributed by atoms with Gasteiger partial charge < -0.3 is 15.5 Å². The number of pyridine rings is 1. The highest BCUT2D eigenvalue weighted by Crippen LogP contribution is 2.35. The van der Waals surface area contributed by atoms with Crippen molar-refractivity contribution in [2.75, 3.05) is 20.1 Å². The lowest BCUT2D eigenvalue weighted by Crippen LogP contribution is -2.46. The van der Waals surface area contributed by atoms with Crippen molar-refractivity contribution in [3.05, 3.63) is 83.4 Å². The standard InChI is InChI=1S/C31H37F4N3O5S/c1-30(2,14-6-8-21-7-4-5-9-28(21)32)37-19-26(39)20-38(3)44(42,43)27-16-23(15-24(17-27)31(33,34)35)22-10-11-25(36-18-22)12-13-29(40)41/h4-5,7,9-11,15-18,26,37,39H,6,8,12-14,19-20H2,1-3H3,(H,40,41). The Morgan fingerprint density at radius 1 is 1.05 bits per heavy atom. The Bertz CT molecular complexity index is 1530. The van der Waals surface area contributed by atoms with Crippen LogP contribution in [0, 0.1) is 5.82 Å². The molecule has 0 fully saturated rings. The van der Waals surface area contributed by atoms with Crippen LogP contribution in [0.25, 0.3) is 11.1 Å². The minimum atomic E-state index is -4.84. The van der Waals surface area contributed by atoms with Crippen molar-refractivity contribution in [2.45, 2.75) is 68.7 Å². The summed E-state index contributed by atoms with van der Waals surface area (Å²) in [6, 6.07) is 11.9. The van der Waals surface area contributed by atoms with Gasteiger partial charge in [-0.3, -0.25) is 9.78 Å². The first-order valence-corrected chi connectivity index (χ1v) is 15.4. The molecule has 0 saturated carbocycles. The van der Waals surface area contributed by atoms with Gasteiger partial charge in [0.1, 0.15) is 5.82 Å². The molecular formula is C31H37F4N3O5S. The Kier molecular flexibility index (Phi) is 11.6. The third-order valence-electron chi connectivity index (χ3n) is 7.18. The highest BCUT2D eigenvalue weighted by molar-refractivity contribution is 7.89. The van der Waals surface area contributed by atoms with Crippen LogP contribution in [0.3, 0.4) is 0 Å². The number of hydrogen-bond donors (Lipinski definition) is 3. The lowest BCUT2D eigenvalue weighted by atomic mass is 9.95. The van der Waals surface area contributed by atoms with Gasteiger partial charge in [0.05, 0.1) is 23.0 Å². The third-order valence-corrected chi connectivity index (χ3v) is 8.99. The second-order valence-corrected chi connectivity index (χ2v) is 13.4. The van der Waals surface area contributed by atoms with Crippen molar-refractivity contribution in [1.82, 2.24) is 14.6 Å². The van der Waals surface area contributed by atoms with E-state index >= 15 is 0 Å². The maximum atomic E-state index is 13.9. The van der Waals surface area contributed by atoms with Crippen LogP contribution < -0.4 is 5.32 Å². The molecule has 240 valence electrons. The number of nitrogens with zero attached hydrogens (tertiary/aromatic N) is 2. The minimum absolute atomic E-state index is 0.0142. The number of carbonyl (C=O) groups is 1. The second kappa shape index (κ2) is 14.6. The van der Waals surface area contributed by atoms with E-state index in [1.165, 1.54) is 31.4 Å². The monoisotopic (exact) mass is 639 g/mol. The van der Waals surface area contributed by atoms with Crippen LogP contribution in [-0.2, 0) is 33.8 Å². The van der Waals surface area contributed by atoms with Crippen LogP contribution in [-0.4, -0.2) is 65.7 Å². The summed E-state index contributed by atoms with van der Waals surface area (Å²) in [5, 5.41) is 22.6. The first-order valence-electron chi connectivity index (χ1n) is 14.0. The van der Waals surface area contributed by atoms with Gasteiger partial charge in [-0.2, -0.15) is 17.5 Å². The van der Waals surface area contributed by atoms with Crippen molar-refractivity contribution >= 4 is 16.0 Å². The molecule has 0 saturated heterocycles. The quantitative estimate of drug-likeness (QED) is 0.193. The van der Waals surface area contributed by atoms with Crippen molar-refractivity contribution in [3.63, 3.8) is 0 Å². The Morgan fingerprint density at radius 2 is 1.75 bits per heavy atom. The molecule has 0 aliphatic rings. The highest BCUT2D eigenvalue weighted by atomic mass is 32.2. The van der Waals surface area contributed by atoms with E-state index < -0.39 is 44.3 Å². The summed E-state index contributed by atoms with van der Waals surface area (Å²) in [6.07, 6.45) is -2.94. The van der Waals surface area contributed by atoms with E-state index in [0.29, 0.717) is 36.6 Å². The number of nitrogens with one attached hydrogen (secondary N) is 1. The molecule has 1 heterocycles. The van der Waals surface area contributed by atoms with E-state index in [0.717, 1.165) is 16.4 Å². The summed E-state index contributed by atoms with van der Waals surface area (Å²) in [7, 11) is -3.27. The van der Waals surface area contributed by atoms with Gasteiger partial charge in [-0.1, -0.05) is 24.3 Å². The summed E-state index contributed by atoms with van der Waals surface area (Å²) in [5.74, 6) is -1.29. The van der Waals surface area contributed by atoms with E-state index in [-0.39, 0.29) is 42.9 Å². The summed E-state index contributed by atoms with van der Waals surface area (Å²) >= 11 is 0. The number of sulfonamides is 1. The van der Waals surface area contributed by atoms with Gasteiger partial charge in [0, 0.05) is 49.6 Å². The second-order valence-electron chi connectivity index (χ2n) is 11.3. The molecule has 13 heteroatoms. The number of β-amino-alcohol motifs (C(OH)–C–C–N with tert-alkyl or cyclic N) is 1. The average Bonchev–Trinajstić information content (AvgIpc) is 2.95. The van der Waals surface area contributed by atoms with E-state index in [2.05, 4.69) is 10.3 Å². The van der Waals surface area contributed by atoms with Gasteiger partial charge >= 0.3 is 12.1 Å². The number of carboxylic acid groups (broad SMARTS) is 1. The van der Waals surface area contributed by atoms with E-state index in [1.54, 1.807) is 18.2 Å². The lowest BCUT2D eigenvalue weighted by molar-refractivity contribution is -0.138. The Labute approximate surface area is 254 Å². The number of aliphatic hydroxyl groups is 1. The SMILES string of the molecule is CN(CC(O)CNC(C)(C)CCCc1ccccc1F)S(=O)(=O)c1cc(-c2ccc(CCC(=O)O)nc2)cc(C(F)(F)F)c1. The molecule has 0 spiro atoms. The molecule has 1 atom stereocenters. The van der Waals surface area contributed by atoms with Crippen molar-refractivity contribution in [3.8, 4) is 11.1 Å². The lowest BCUT2D eigenvalue weighted by Gasteiger charge is -2.29. The molecule has 0 aliphatic carbocycles. The molecule has 0 bridgehead atoms. The molecule has 44 heavy (non-hydrogen) atoms. The number of aryl methyl sites for hydroxylation is 2. The maximum Gasteiger partial charge on any atom is 0.416 e. The molecule has 8 nitrogen and oxygen atoms in total. The van der Waals surface area contributed by atoms with Gasteiger partial charge in [-0.15, -0.1) is 0 Å². The summed E-state index contributed by atoms with van der Waals surface area (Å²) < 4.78 is 82.7. The van der Waals surface area contributed by atoms with Crippen LogP contribution in [0.1, 0.15) is 49.9 Å². The molecule has 3 rings (SSSR count). The first kappa shape index (κ1) is 35.1. The third kappa shape index (κ3) is 10.1. The zero-order valence-corrected chi connectivity index (χ0v) is 25.6. The van der Waals surface area contributed by atoms with Crippen LogP contribution >= 0.6 is 0 Å². The molecule has 1 aromatic heterocycles. The predicted octanol–water partition coefficient (Wildman–Crippen LogP) is 5.30. The molecule has 3 N–H and O–H groups in total. The fourth-order valence-electron chi connectivity index (χ4n) is 4.60. The Morgan fingerprint density at radius 3 is 2.36 bits per heavy atom. The van der Waals surface area contributed by atoms with E-state index in [1.807, 2.05) is 13.8 Å². The molecule has 0 aliphatic heterocycles. The van der Waals surface area contributed by atoms with Gasteiger partial charge in [0.15, 0.2) is 0 Å². The topological polar surface area (TPSA) is 120 Å². The molecular weight excluding hydrogens is 602 g/mol. The normalized spacial score (nSPS) is 13.3. The molecule has 3 aromatic rings. The fourth-order valence-corrected chi connectivity index (χ4v) is 5.88. The molecule has 0 amide bonds. The number of aromatic nitrogens is 1. The van der Waals surface area contributed by atoms with Crippen LogP contribution in [0.2, 0.25) is 0 Å².